The largest absolute Gasteiger partial charge is 0.507 e. The minimum Gasteiger partial charge on any atom is -0.507 e. The molecule has 0 heterocycles. The van der Waals surface area contributed by atoms with Crippen LogP contribution in [0.15, 0.2) is 41.5 Å². The molecular formula is C23H31N3O4. The Hall–Kier alpha value is -3.22. The molecule has 2 rings (SSSR count). The van der Waals surface area contributed by atoms with Crippen molar-refractivity contribution < 1.29 is 19.4 Å². The molecule has 0 aliphatic carbocycles. The van der Waals surface area contributed by atoms with Gasteiger partial charge in [-0.3, -0.25) is 4.79 Å². The highest BCUT2D eigenvalue weighted by molar-refractivity contribution is 5.99. The summed E-state index contributed by atoms with van der Waals surface area (Å²) in [5, 5.41) is 13.8. The number of hydrazone groups is 1. The van der Waals surface area contributed by atoms with Gasteiger partial charge in [-0.15, -0.1) is 0 Å². The van der Waals surface area contributed by atoms with Crippen LogP contribution >= 0.6 is 0 Å². The summed E-state index contributed by atoms with van der Waals surface area (Å²) in [5.74, 6) is 6.95. The quantitative estimate of drug-likeness (QED) is 0.129. The van der Waals surface area contributed by atoms with E-state index in [0.717, 1.165) is 24.2 Å². The van der Waals surface area contributed by atoms with E-state index in [-0.39, 0.29) is 23.3 Å². The molecule has 30 heavy (non-hydrogen) atoms. The summed E-state index contributed by atoms with van der Waals surface area (Å²) in [7, 11) is 0. The van der Waals surface area contributed by atoms with E-state index in [0.29, 0.717) is 36.5 Å². The van der Waals surface area contributed by atoms with Crippen LogP contribution in [0.3, 0.4) is 0 Å². The predicted molar refractivity (Wildman–Crippen MR) is 118 cm³/mol. The number of Topliss-reactive ketones (excluding diaryl/α,β-unsaturated/α-hetero) is 1. The van der Waals surface area contributed by atoms with Crippen molar-refractivity contribution in [3.8, 4) is 17.2 Å². The van der Waals surface area contributed by atoms with Gasteiger partial charge in [0.2, 0.25) is 0 Å². The lowest BCUT2D eigenvalue weighted by molar-refractivity contribution is 0.0965. The fourth-order valence-electron chi connectivity index (χ4n) is 2.92. The van der Waals surface area contributed by atoms with Gasteiger partial charge in [0, 0.05) is 17.5 Å². The predicted octanol–water partition coefficient (Wildman–Crippen LogP) is 3.75. The minimum atomic E-state index is -0.0552. The Morgan fingerprint density at radius 1 is 1.07 bits per heavy atom. The molecule has 0 saturated heterocycles. The summed E-state index contributed by atoms with van der Waals surface area (Å²) in [6.07, 6.45) is 2.01. The maximum absolute atomic E-state index is 12.2. The first-order valence-electron chi connectivity index (χ1n) is 10.1. The zero-order chi connectivity index (χ0) is 22.1. The Balaban J connectivity index is 1.76. The lowest BCUT2D eigenvalue weighted by atomic mass is 9.98. The van der Waals surface area contributed by atoms with E-state index in [1.165, 1.54) is 0 Å². The smallest absolute Gasteiger partial charge is 0.166 e. The standard InChI is InChI=1S/C23H31N3O4/c1-15(2)14-20(27)19-10-11-21(16(3)22(19)28)30-13-5-4-12-29-18-8-6-17(7-9-18)23(24)26-25/h6-11,15,28H,4-5,12-14,25H2,1-3H3,(H2,24,26). The van der Waals surface area contributed by atoms with Gasteiger partial charge in [-0.1, -0.05) is 13.8 Å². The number of hydrogen-bond donors (Lipinski definition) is 3. The normalized spacial score (nSPS) is 11.5. The first kappa shape index (κ1) is 23.1. The van der Waals surface area contributed by atoms with Crippen LogP contribution in [0, 0.1) is 12.8 Å². The second-order valence-electron chi connectivity index (χ2n) is 7.55. The van der Waals surface area contributed by atoms with E-state index in [2.05, 4.69) is 5.10 Å². The average molecular weight is 414 g/mol. The van der Waals surface area contributed by atoms with Crippen molar-refractivity contribution in [3.05, 3.63) is 53.1 Å². The number of ketones is 1. The topological polar surface area (TPSA) is 120 Å². The van der Waals surface area contributed by atoms with Crippen molar-refractivity contribution in [2.75, 3.05) is 13.2 Å². The van der Waals surface area contributed by atoms with E-state index in [9.17, 15) is 9.90 Å². The molecule has 0 aliphatic heterocycles. The van der Waals surface area contributed by atoms with Crippen LogP contribution in [0.25, 0.3) is 0 Å². The van der Waals surface area contributed by atoms with Crippen molar-refractivity contribution in [1.29, 1.82) is 0 Å². The molecule has 7 nitrogen and oxygen atoms in total. The monoisotopic (exact) mass is 413 g/mol. The number of amidine groups is 1. The molecule has 0 bridgehead atoms. The van der Waals surface area contributed by atoms with Crippen molar-refractivity contribution in [2.24, 2.45) is 22.6 Å². The molecule has 7 heteroatoms. The molecule has 0 fully saturated rings. The molecule has 5 N–H and O–H groups in total. The van der Waals surface area contributed by atoms with Crippen molar-refractivity contribution in [2.45, 2.75) is 40.0 Å². The zero-order valence-electron chi connectivity index (χ0n) is 17.9. The number of phenols is 1. The molecule has 2 aromatic carbocycles. The minimum absolute atomic E-state index is 0.00486. The summed E-state index contributed by atoms with van der Waals surface area (Å²) in [5.41, 5.74) is 7.33. The Bertz CT molecular complexity index is 877. The number of rotatable bonds is 11. The first-order chi connectivity index (χ1) is 14.3. The molecule has 0 aliphatic rings. The number of phenolic OH excluding ortho intramolecular Hbond substituents is 1. The van der Waals surface area contributed by atoms with Crippen LogP contribution in [0.4, 0.5) is 0 Å². The molecule has 0 amide bonds. The van der Waals surface area contributed by atoms with Crippen LogP contribution in [0.2, 0.25) is 0 Å². The Morgan fingerprint density at radius 3 is 2.30 bits per heavy atom. The molecule has 0 aromatic heterocycles. The van der Waals surface area contributed by atoms with Crippen LogP contribution in [0.1, 0.15) is 54.6 Å². The van der Waals surface area contributed by atoms with Crippen LogP contribution < -0.4 is 21.1 Å². The number of benzene rings is 2. The van der Waals surface area contributed by atoms with Crippen molar-refractivity contribution >= 4 is 11.6 Å². The van der Waals surface area contributed by atoms with E-state index >= 15 is 0 Å². The average Bonchev–Trinajstić information content (AvgIpc) is 2.72. The number of nitrogens with two attached hydrogens (primary N) is 2. The number of unbranched alkanes of at least 4 members (excludes halogenated alkanes) is 1. The molecule has 2 aromatic rings. The van der Waals surface area contributed by atoms with Gasteiger partial charge in [-0.25, -0.2) is 0 Å². The molecule has 0 unspecified atom stereocenters. The fraction of sp³-hybridized carbons (Fsp3) is 0.391. The number of carbonyl (C=O) groups is 1. The Labute approximate surface area is 177 Å². The lowest BCUT2D eigenvalue weighted by Gasteiger charge is -2.13. The van der Waals surface area contributed by atoms with Crippen LogP contribution in [-0.4, -0.2) is 29.9 Å². The lowest BCUT2D eigenvalue weighted by Crippen LogP contribution is -2.15. The second kappa shape index (κ2) is 11.1. The number of nitrogens with zero attached hydrogens (tertiary/aromatic N) is 1. The molecular weight excluding hydrogens is 382 g/mol. The Kier molecular flexibility index (Phi) is 8.53. The summed E-state index contributed by atoms with van der Waals surface area (Å²) in [4.78, 5) is 12.2. The number of aromatic hydroxyl groups is 1. The number of hydrogen-bond acceptors (Lipinski definition) is 6. The summed E-state index contributed by atoms with van der Waals surface area (Å²) in [6.45, 7) is 6.75. The molecule has 0 saturated carbocycles. The number of carbonyl (C=O) groups excluding carboxylic acids is 1. The SMILES string of the molecule is Cc1c(OCCCCOc2ccc(/C(N)=N/N)cc2)ccc(C(=O)CC(C)C)c1O. The maximum atomic E-state index is 12.2. The summed E-state index contributed by atoms with van der Waals surface area (Å²) >= 11 is 0. The first-order valence-corrected chi connectivity index (χ1v) is 10.1. The van der Waals surface area contributed by atoms with Gasteiger partial charge >= 0.3 is 0 Å². The van der Waals surface area contributed by atoms with E-state index < -0.39 is 0 Å². The van der Waals surface area contributed by atoms with Crippen LogP contribution in [0.5, 0.6) is 17.2 Å². The second-order valence-corrected chi connectivity index (χ2v) is 7.55. The van der Waals surface area contributed by atoms with E-state index in [4.69, 9.17) is 21.1 Å². The Morgan fingerprint density at radius 2 is 1.70 bits per heavy atom. The summed E-state index contributed by atoms with van der Waals surface area (Å²) in [6, 6.07) is 10.6. The van der Waals surface area contributed by atoms with Gasteiger partial charge in [-0.2, -0.15) is 5.10 Å². The van der Waals surface area contributed by atoms with Gasteiger partial charge in [0.25, 0.3) is 0 Å². The fourth-order valence-corrected chi connectivity index (χ4v) is 2.92. The third kappa shape index (κ3) is 6.40. The number of ether oxygens (including phenoxy) is 2. The van der Waals surface area contributed by atoms with Gasteiger partial charge in [0.05, 0.1) is 18.8 Å². The highest BCUT2D eigenvalue weighted by Gasteiger charge is 2.17. The van der Waals surface area contributed by atoms with Crippen molar-refractivity contribution in [1.82, 2.24) is 0 Å². The van der Waals surface area contributed by atoms with Gasteiger partial charge < -0.3 is 26.2 Å². The molecule has 0 atom stereocenters. The van der Waals surface area contributed by atoms with Gasteiger partial charge in [0.1, 0.15) is 23.1 Å². The zero-order valence-corrected chi connectivity index (χ0v) is 17.9. The molecule has 162 valence electrons. The highest BCUT2D eigenvalue weighted by Crippen LogP contribution is 2.31. The van der Waals surface area contributed by atoms with Crippen LogP contribution in [-0.2, 0) is 0 Å². The van der Waals surface area contributed by atoms with E-state index in [1.807, 2.05) is 26.0 Å². The molecule has 0 radical (unpaired) electrons. The maximum Gasteiger partial charge on any atom is 0.166 e. The molecule has 0 spiro atoms. The van der Waals surface area contributed by atoms with Crippen molar-refractivity contribution in [3.63, 3.8) is 0 Å². The third-order valence-corrected chi connectivity index (χ3v) is 4.63. The van der Waals surface area contributed by atoms with Gasteiger partial charge in [-0.05, 0) is 62.1 Å². The van der Waals surface area contributed by atoms with Gasteiger partial charge in [0.15, 0.2) is 5.78 Å². The third-order valence-electron chi connectivity index (χ3n) is 4.63. The summed E-state index contributed by atoms with van der Waals surface area (Å²) < 4.78 is 11.5. The highest BCUT2D eigenvalue weighted by atomic mass is 16.5. The van der Waals surface area contributed by atoms with E-state index in [1.54, 1.807) is 31.2 Å².